The quantitative estimate of drug-likeness (QED) is 0.667. The number of rotatable bonds is 5. The van der Waals surface area contributed by atoms with Gasteiger partial charge >= 0.3 is 0 Å². The fraction of sp³-hybridized carbons (Fsp3) is 0.133. The molecule has 0 atom stereocenters. The molecule has 20 heavy (non-hydrogen) atoms. The lowest BCUT2D eigenvalue weighted by Crippen LogP contribution is -2.11. The molecule has 0 radical (unpaired) electrons. The minimum Gasteiger partial charge on any atom is -0.454 e. The van der Waals surface area contributed by atoms with E-state index in [9.17, 15) is 0 Å². The lowest BCUT2D eigenvalue weighted by Gasteiger charge is -2.04. The van der Waals surface area contributed by atoms with Crippen LogP contribution in [0.4, 0.5) is 0 Å². The summed E-state index contributed by atoms with van der Waals surface area (Å²) in [5, 5.41) is 10.3. The van der Waals surface area contributed by atoms with Gasteiger partial charge < -0.3 is 9.73 Å². The fourth-order valence-corrected chi connectivity index (χ4v) is 2.46. The Morgan fingerprint density at radius 2 is 1.90 bits per heavy atom. The van der Waals surface area contributed by atoms with Gasteiger partial charge in [0, 0.05) is 12.7 Å². The number of hydrogen-bond acceptors (Lipinski definition) is 3. The maximum Gasteiger partial charge on any atom is 0.164 e. The fourth-order valence-electron chi connectivity index (χ4n) is 2.00. The Morgan fingerprint density at radius 3 is 2.55 bits per heavy atom. The van der Waals surface area contributed by atoms with Crippen LogP contribution in [0.5, 0.6) is 0 Å². The first-order chi connectivity index (χ1) is 9.81. The summed E-state index contributed by atoms with van der Waals surface area (Å²) in [4.78, 5) is 0. The Bertz CT molecular complexity index is 659. The molecule has 1 aromatic carbocycles. The number of benzene rings is 1. The molecule has 5 heteroatoms. The third-order valence-corrected chi connectivity index (χ3v) is 3.60. The Labute approximate surface area is 130 Å². The van der Waals surface area contributed by atoms with Crippen molar-refractivity contribution in [3.05, 3.63) is 63.8 Å². The molecule has 0 unspecified atom stereocenters. The molecule has 3 aromatic rings. The lowest BCUT2D eigenvalue weighted by atomic mass is 10.1. The van der Waals surface area contributed by atoms with Crippen molar-refractivity contribution in [3.63, 3.8) is 0 Å². The van der Waals surface area contributed by atoms with Gasteiger partial charge in [0.25, 0.3) is 0 Å². The van der Waals surface area contributed by atoms with E-state index in [0.717, 1.165) is 33.9 Å². The highest BCUT2D eigenvalue weighted by Crippen LogP contribution is 2.16. The van der Waals surface area contributed by atoms with Crippen molar-refractivity contribution in [3.8, 4) is 11.3 Å². The molecule has 2 aromatic heterocycles. The molecule has 3 rings (SSSR count). The van der Waals surface area contributed by atoms with Crippen molar-refractivity contribution in [1.82, 2.24) is 15.5 Å². The van der Waals surface area contributed by atoms with Gasteiger partial charge in [-0.25, -0.2) is 0 Å². The summed E-state index contributed by atoms with van der Waals surface area (Å²) in [7, 11) is 0. The van der Waals surface area contributed by atoms with E-state index in [1.54, 1.807) is 6.20 Å². The molecule has 102 valence electrons. The topological polar surface area (TPSA) is 53.9 Å². The van der Waals surface area contributed by atoms with E-state index in [2.05, 4.69) is 62.4 Å². The van der Waals surface area contributed by atoms with Gasteiger partial charge in [0.05, 0.1) is 12.2 Å². The molecule has 0 bridgehead atoms. The second-order valence-electron chi connectivity index (χ2n) is 4.48. The summed E-state index contributed by atoms with van der Waals surface area (Å²) in [5.41, 5.74) is 3.43. The number of hydrogen-bond donors (Lipinski definition) is 2. The second-order valence-corrected chi connectivity index (χ2v) is 5.54. The van der Waals surface area contributed by atoms with Crippen LogP contribution in [-0.2, 0) is 13.1 Å². The van der Waals surface area contributed by atoms with Crippen LogP contribution in [0.2, 0.25) is 0 Å². The molecule has 0 aliphatic carbocycles. The summed E-state index contributed by atoms with van der Waals surface area (Å²) >= 11 is 2.17. The van der Waals surface area contributed by atoms with Gasteiger partial charge in [-0.1, -0.05) is 24.3 Å². The van der Waals surface area contributed by atoms with E-state index in [-0.39, 0.29) is 0 Å². The van der Waals surface area contributed by atoms with E-state index < -0.39 is 0 Å². The zero-order chi connectivity index (χ0) is 13.8. The SMILES string of the molecule is Ic1ccc(CNCc2ccc(-c3ccn[nH]3)cc2)o1. The van der Waals surface area contributed by atoms with E-state index in [1.807, 2.05) is 18.2 Å². The maximum absolute atomic E-state index is 5.50. The number of aromatic amines is 1. The number of halogens is 1. The lowest BCUT2D eigenvalue weighted by molar-refractivity contribution is 0.463. The van der Waals surface area contributed by atoms with Crippen molar-refractivity contribution in [2.24, 2.45) is 0 Å². The van der Waals surface area contributed by atoms with Crippen LogP contribution in [0.15, 0.2) is 53.1 Å². The Morgan fingerprint density at radius 1 is 1.05 bits per heavy atom. The third kappa shape index (κ3) is 3.29. The molecular formula is C15H14IN3O. The van der Waals surface area contributed by atoms with Crippen LogP contribution in [-0.4, -0.2) is 10.2 Å². The van der Waals surface area contributed by atoms with Gasteiger partial charge in [-0.05, 0) is 51.9 Å². The largest absolute Gasteiger partial charge is 0.454 e. The molecule has 4 nitrogen and oxygen atoms in total. The predicted octanol–water partition coefficient (Wildman–Crippen LogP) is 3.56. The summed E-state index contributed by atoms with van der Waals surface area (Å²) in [6.45, 7) is 1.56. The van der Waals surface area contributed by atoms with Gasteiger partial charge in [-0.3, -0.25) is 5.10 Å². The molecule has 0 aliphatic heterocycles. The predicted molar refractivity (Wildman–Crippen MR) is 86.0 cm³/mol. The molecule has 0 saturated heterocycles. The molecule has 0 saturated carbocycles. The van der Waals surface area contributed by atoms with Gasteiger partial charge in [0.1, 0.15) is 5.76 Å². The van der Waals surface area contributed by atoms with Gasteiger partial charge in [0.2, 0.25) is 0 Å². The van der Waals surface area contributed by atoms with Crippen LogP contribution >= 0.6 is 22.6 Å². The smallest absolute Gasteiger partial charge is 0.164 e. The number of furan rings is 1. The van der Waals surface area contributed by atoms with Crippen LogP contribution in [0.25, 0.3) is 11.3 Å². The van der Waals surface area contributed by atoms with Gasteiger partial charge in [-0.2, -0.15) is 5.10 Å². The normalized spacial score (nSPS) is 10.8. The number of nitrogens with zero attached hydrogens (tertiary/aromatic N) is 1. The second kappa shape index (κ2) is 6.23. The average Bonchev–Trinajstić information content (AvgIpc) is 3.11. The monoisotopic (exact) mass is 379 g/mol. The zero-order valence-corrected chi connectivity index (χ0v) is 12.9. The molecule has 0 amide bonds. The zero-order valence-electron chi connectivity index (χ0n) is 10.8. The van der Waals surface area contributed by atoms with E-state index in [0.29, 0.717) is 0 Å². The third-order valence-electron chi connectivity index (χ3n) is 3.02. The average molecular weight is 379 g/mol. The summed E-state index contributed by atoms with van der Waals surface area (Å²) in [5.74, 6) is 0.962. The van der Waals surface area contributed by atoms with Crippen LogP contribution in [0.1, 0.15) is 11.3 Å². The van der Waals surface area contributed by atoms with E-state index in [1.165, 1.54) is 5.56 Å². The summed E-state index contributed by atoms with van der Waals surface area (Å²) in [6, 6.07) is 14.4. The molecule has 2 N–H and O–H groups in total. The summed E-state index contributed by atoms with van der Waals surface area (Å²) < 4.78 is 6.42. The molecular weight excluding hydrogens is 365 g/mol. The van der Waals surface area contributed by atoms with Crippen molar-refractivity contribution in [2.45, 2.75) is 13.1 Å². The van der Waals surface area contributed by atoms with Crippen molar-refractivity contribution in [2.75, 3.05) is 0 Å². The van der Waals surface area contributed by atoms with Gasteiger partial charge in [0.15, 0.2) is 3.77 Å². The molecule has 0 fully saturated rings. The molecule has 2 heterocycles. The van der Waals surface area contributed by atoms with Crippen molar-refractivity contribution in [1.29, 1.82) is 0 Å². The standard InChI is InChI=1S/C15H14IN3O/c16-15-6-5-13(20-15)10-17-9-11-1-3-12(4-2-11)14-7-8-18-19-14/h1-8,17H,9-10H2,(H,18,19). The first-order valence-corrected chi connectivity index (χ1v) is 7.43. The Balaban J connectivity index is 1.56. The number of nitrogens with one attached hydrogen (secondary N) is 2. The van der Waals surface area contributed by atoms with Crippen LogP contribution in [0, 0.1) is 3.77 Å². The van der Waals surface area contributed by atoms with Crippen molar-refractivity contribution < 1.29 is 4.42 Å². The maximum atomic E-state index is 5.50. The highest BCUT2D eigenvalue weighted by molar-refractivity contribution is 14.1. The number of aromatic nitrogens is 2. The van der Waals surface area contributed by atoms with Crippen LogP contribution < -0.4 is 5.32 Å². The van der Waals surface area contributed by atoms with Crippen molar-refractivity contribution >= 4 is 22.6 Å². The minimum atomic E-state index is 0.741. The highest BCUT2D eigenvalue weighted by Gasteiger charge is 2.01. The Hall–Kier alpha value is -1.60. The van der Waals surface area contributed by atoms with Crippen LogP contribution in [0.3, 0.4) is 0 Å². The molecule has 0 spiro atoms. The highest BCUT2D eigenvalue weighted by atomic mass is 127. The summed E-state index contributed by atoms with van der Waals surface area (Å²) in [6.07, 6.45) is 1.76. The first kappa shape index (κ1) is 13.4. The minimum absolute atomic E-state index is 0.741. The Kier molecular flexibility index (Phi) is 4.17. The van der Waals surface area contributed by atoms with E-state index in [4.69, 9.17) is 4.42 Å². The van der Waals surface area contributed by atoms with E-state index >= 15 is 0 Å². The molecule has 0 aliphatic rings. The first-order valence-electron chi connectivity index (χ1n) is 6.35. The number of H-pyrrole nitrogens is 1. The van der Waals surface area contributed by atoms with Gasteiger partial charge in [-0.15, -0.1) is 0 Å².